The van der Waals surface area contributed by atoms with E-state index in [1.165, 1.54) is 18.2 Å². The molecule has 1 saturated heterocycles. The number of hydrogen-bond donors (Lipinski definition) is 2. The standard InChI is InChI=1S/C19H19FN2O3/c20-17-6-2-1-5-16(17)19(24)22-14-9-7-13(8-10-14)18(23)21-12-15-4-3-11-25-15/h1-2,5-10,15H,3-4,11-12H2,(H,21,23)(H,22,24)/t15-/m1/s1. The minimum absolute atomic E-state index is 0.0270. The van der Waals surface area contributed by atoms with Crippen LogP contribution < -0.4 is 10.6 Å². The predicted octanol–water partition coefficient (Wildman–Crippen LogP) is 2.99. The lowest BCUT2D eigenvalue weighted by Gasteiger charge is -2.11. The van der Waals surface area contributed by atoms with Crippen molar-refractivity contribution in [3.8, 4) is 0 Å². The van der Waals surface area contributed by atoms with Crippen molar-refractivity contribution in [2.24, 2.45) is 0 Å². The number of ether oxygens (including phenoxy) is 1. The molecule has 2 amide bonds. The van der Waals surface area contributed by atoms with Crippen molar-refractivity contribution >= 4 is 17.5 Å². The summed E-state index contributed by atoms with van der Waals surface area (Å²) in [4.78, 5) is 24.2. The fourth-order valence-electron chi connectivity index (χ4n) is 2.66. The van der Waals surface area contributed by atoms with Crippen LogP contribution in [0.2, 0.25) is 0 Å². The Morgan fingerprint density at radius 1 is 1.08 bits per heavy atom. The van der Waals surface area contributed by atoms with Gasteiger partial charge in [0.15, 0.2) is 0 Å². The zero-order valence-electron chi connectivity index (χ0n) is 13.6. The minimum Gasteiger partial charge on any atom is -0.376 e. The first-order chi connectivity index (χ1) is 12.1. The summed E-state index contributed by atoms with van der Waals surface area (Å²) in [5.74, 6) is -1.30. The maximum atomic E-state index is 13.6. The molecule has 1 atom stereocenters. The van der Waals surface area contributed by atoms with Crippen LogP contribution in [0, 0.1) is 5.82 Å². The van der Waals surface area contributed by atoms with E-state index in [-0.39, 0.29) is 17.6 Å². The number of halogens is 1. The maximum absolute atomic E-state index is 13.6. The highest BCUT2D eigenvalue weighted by atomic mass is 19.1. The molecular formula is C19H19FN2O3. The molecule has 1 aliphatic heterocycles. The summed E-state index contributed by atoms with van der Waals surface area (Å²) >= 11 is 0. The highest BCUT2D eigenvalue weighted by Gasteiger charge is 2.17. The van der Waals surface area contributed by atoms with E-state index in [2.05, 4.69) is 10.6 Å². The maximum Gasteiger partial charge on any atom is 0.258 e. The van der Waals surface area contributed by atoms with Gasteiger partial charge < -0.3 is 15.4 Å². The Bertz CT molecular complexity index is 756. The average molecular weight is 342 g/mol. The van der Waals surface area contributed by atoms with Crippen molar-refractivity contribution in [3.05, 3.63) is 65.5 Å². The molecule has 0 radical (unpaired) electrons. The van der Waals surface area contributed by atoms with E-state index in [1.807, 2.05) is 0 Å². The molecule has 3 rings (SSSR count). The molecule has 1 aliphatic rings. The molecule has 1 heterocycles. The van der Waals surface area contributed by atoms with Gasteiger partial charge in [0.2, 0.25) is 0 Å². The zero-order chi connectivity index (χ0) is 17.6. The molecule has 1 fully saturated rings. The van der Waals surface area contributed by atoms with E-state index in [0.717, 1.165) is 19.4 Å². The summed E-state index contributed by atoms with van der Waals surface area (Å²) < 4.78 is 19.1. The fourth-order valence-corrected chi connectivity index (χ4v) is 2.66. The first kappa shape index (κ1) is 17.1. The monoisotopic (exact) mass is 342 g/mol. The molecule has 0 saturated carbocycles. The average Bonchev–Trinajstić information content (AvgIpc) is 3.14. The van der Waals surface area contributed by atoms with Crippen LogP contribution in [0.5, 0.6) is 0 Å². The van der Waals surface area contributed by atoms with E-state index in [4.69, 9.17) is 4.74 Å². The smallest absolute Gasteiger partial charge is 0.258 e. The van der Waals surface area contributed by atoms with Gasteiger partial charge >= 0.3 is 0 Å². The Morgan fingerprint density at radius 2 is 1.84 bits per heavy atom. The Kier molecular flexibility index (Phi) is 5.40. The number of carbonyl (C=O) groups is 2. The predicted molar refractivity (Wildman–Crippen MR) is 92.1 cm³/mol. The third-order valence-electron chi connectivity index (χ3n) is 4.04. The second kappa shape index (κ2) is 7.90. The first-order valence-corrected chi connectivity index (χ1v) is 8.19. The molecule has 25 heavy (non-hydrogen) atoms. The Hall–Kier alpha value is -2.73. The minimum atomic E-state index is -0.579. The van der Waals surface area contributed by atoms with Crippen LogP contribution in [-0.4, -0.2) is 31.1 Å². The van der Waals surface area contributed by atoms with Crippen LogP contribution in [0.1, 0.15) is 33.6 Å². The van der Waals surface area contributed by atoms with Gasteiger partial charge in [-0.15, -0.1) is 0 Å². The van der Waals surface area contributed by atoms with Crippen molar-refractivity contribution in [1.82, 2.24) is 5.32 Å². The van der Waals surface area contributed by atoms with E-state index in [1.54, 1.807) is 30.3 Å². The van der Waals surface area contributed by atoms with Crippen LogP contribution >= 0.6 is 0 Å². The number of benzene rings is 2. The van der Waals surface area contributed by atoms with Crippen molar-refractivity contribution < 1.29 is 18.7 Å². The molecule has 0 bridgehead atoms. The Morgan fingerprint density at radius 3 is 2.52 bits per heavy atom. The summed E-state index contributed by atoms with van der Waals surface area (Å²) in [6, 6.07) is 12.2. The summed E-state index contributed by atoms with van der Waals surface area (Å²) in [7, 11) is 0. The van der Waals surface area contributed by atoms with Crippen molar-refractivity contribution in [1.29, 1.82) is 0 Å². The highest BCUT2D eigenvalue weighted by molar-refractivity contribution is 6.04. The van der Waals surface area contributed by atoms with Crippen LogP contribution in [-0.2, 0) is 4.74 Å². The third kappa shape index (κ3) is 4.42. The van der Waals surface area contributed by atoms with E-state index < -0.39 is 11.7 Å². The normalized spacial score (nSPS) is 16.4. The lowest BCUT2D eigenvalue weighted by Crippen LogP contribution is -2.31. The van der Waals surface area contributed by atoms with Crippen molar-refractivity contribution in [2.75, 3.05) is 18.5 Å². The summed E-state index contributed by atoms with van der Waals surface area (Å²) in [6.07, 6.45) is 2.07. The molecule has 0 spiro atoms. The van der Waals surface area contributed by atoms with Gasteiger partial charge in [-0.3, -0.25) is 9.59 Å². The zero-order valence-corrected chi connectivity index (χ0v) is 13.6. The van der Waals surface area contributed by atoms with Gasteiger partial charge in [-0.25, -0.2) is 4.39 Å². The summed E-state index contributed by atoms with van der Waals surface area (Å²) in [6.45, 7) is 1.24. The number of anilines is 1. The highest BCUT2D eigenvalue weighted by Crippen LogP contribution is 2.14. The van der Waals surface area contributed by atoms with Gasteiger partial charge in [0.05, 0.1) is 11.7 Å². The van der Waals surface area contributed by atoms with Crippen LogP contribution in [0.15, 0.2) is 48.5 Å². The van der Waals surface area contributed by atoms with Crippen molar-refractivity contribution in [2.45, 2.75) is 18.9 Å². The van der Waals surface area contributed by atoms with Crippen LogP contribution in [0.3, 0.4) is 0 Å². The lowest BCUT2D eigenvalue weighted by atomic mass is 10.1. The molecule has 2 aromatic rings. The van der Waals surface area contributed by atoms with E-state index in [9.17, 15) is 14.0 Å². The molecule has 0 unspecified atom stereocenters. The summed E-state index contributed by atoms with van der Waals surface area (Å²) in [5, 5.41) is 5.44. The van der Waals surface area contributed by atoms with Gasteiger partial charge in [0.1, 0.15) is 5.82 Å². The number of amides is 2. The quantitative estimate of drug-likeness (QED) is 0.878. The molecule has 2 N–H and O–H groups in total. The van der Waals surface area contributed by atoms with Gasteiger partial charge in [0, 0.05) is 24.4 Å². The third-order valence-corrected chi connectivity index (χ3v) is 4.04. The van der Waals surface area contributed by atoms with Crippen molar-refractivity contribution in [3.63, 3.8) is 0 Å². The molecule has 0 aliphatic carbocycles. The largest absolute Gasteiger partial charge is 0.376 e. The number of rotatable bonds is 5. The fraction of sp³-hybridized carbons (Fsp3) is 0.263. The van der Waals surface area contributed by atoms with Gasteiger partial charge in [-0.2, -0.15) is 0 Å². The number of hydrogen-bond acceptors (Lipinski definition) is 3. The SMILES string of the molecule is O=C(NC[C@H]1CCCO1)c1ccc(NC(=O)c2ccccc2F)cc1. The van der Waals surface area contributed by atoms with Gasteiger partial charge in [-0.1, -0.05) is 12.1 Å². The van der Waals surface area contributed by atoms with Crippen LogP contribution in [0.4, 0.5) is 10.1 Å². The topological polar surface area (TPSA) is 67.4 Å². The van der Waals surface area contributed by atoms with Crippen LogP contribution in [0.25, 0.3) is 0 Å². The van der Waals surface area contributed by atoms with Gasteiger partial charge in [-0.05, 0) is 49.2 Å². The molecule has 0 aromatic heterocycles. The van der Waals surface area contributed by atoms with Gasteiger partial charge in [0.25, 0.3) is 11.8 Å². The summed E-state index contributed by atoms with van der Waals surface area (Å²) in [5.41, 5.74) is 0.951. The second-order valence-corrected chi connectivity index (χ2v) is 5.86. The molecule has 6 heteroatoms. The Balaban J connectivity index is 1.57. The number of carbonyl (C=O) groups excluding carboxylic acids is 2. The molecular weight excluding hydrogens is 323 g/mol. The molecule has 2 aromatic carbocycles. The van der Waals surface area contributed by atoms with E-state index in [0.29, 0.717) is 17.8 Å². The Labute approximate surface area is 145 Å². The van der Waals surface area contributed by atoms with E-state index >= 15 is 0 Å². The lowest BCUT2D eigenvalue weighted by molar-refractivity contribution is 0.0857. The second-order valence-electron chi connectivity index (χ2n) is 5.86. The molecule has 130 valence electrons. The molecule has 5 nitrogen and oxygen atoms in total. The number of nitrogens with one attached hydrogen (secondary N) is 2. The first-order valence-electron chi connectivity index (χ1n) is 8.19.